The van der Waals surface area contributed by atoms with Gasteiger partial charge in [0.1, 0.15) is 0 Å². The molecular weight excluding hydrogens is 200 g/mol. The number of hydrogen-bond donors (Lipinski definition) is 1. The minimum absolute atomic E-state index is 0.299. The molecule has 0 aromatic carbocycles. The van der Waals surface area contributed by atoms with Crippen LogP contribution in [0.5, 0.6) is 0 Å². The molecule has 0 radical (unpaired) electrons. The average Bonchev–Trinajstić information content (AvgIpc) is 2.20. The molecule has 1 N–H and O–H groups in total. The second-order valence-electron chi connectivity index (χ2n) is 5.62. The minimum atomic E-state index is 0.299. The van der Waals surface area contributed by atoms with Crippen LogP contribution in [0.4, 0.5) is 0 Å². The second kappa shape index (κ2) is 7.25. The normalized spacial score (nSPS) is 16.5. The first-order valence-electron chi connectivity index (χ1n) is 6.26. The molecular formula is C13H30N2O. The number of rotatable bonds is 7. The highest BCUT2D eigenvalue weighted by atomic mass is 16.5. The van der Waals surface area contributed by atoms with E-state index in [1.54, 1.807) is 7.11 Å². The van der Waals surface area contributed by atoms with Crippen LogP contribution in [0.25, 0.3) is 0 Å². The van der Waals surface area contributed by atoms with Gasteiger partial charge in [0, 0.05) is 25.7 Å². The van der Waals surface area contributed by atoms with Gasteiger partial charge in [-0.2, -0.15) is 0 Å². The lowest BCUT2D eigenvalue weighted by atomic mass is 9.86. The van der Waals surface area contributed by atoms with Crippen molar-refractivity contribution in [1.82, 2.24) is 10.2 Å². The largest absolute Gasteiger partial charge is 0.383 e. The van der Waals surface area contributed by atoms with Crippen LogP contribution in [0.15, 0.2) is 0 Å². The molecule has 3 nitrogen and oxygen atoms in total. The molecule has 0 aliphatic carbocycles. The van der Waals surface area contributed by atoms with Crippen molar-refractivity contribution in [3.05, 3.63) is 0 Å². The van der Waals surface area contributed by atoms with Crippen molar-refractivity contribution in [3.8, 4) is 0 Å². The van der Waals surface area contributed by atoms with Gasteiger partial charge in [-0.15, -0.1) is 0 Å². The van der Waals surface area contributed by atoms with Gasteiger partial charge in [-0.1, -0.05) is 27.7 Å². The second-order valence-corrected chi connectivity index (χ2v) is 5.62. The fraction of sp³-hybridized carbons (Fsp3) is 1.00. The van der Waals surface area contributed by atoms with E-state index in [1.165, 1.54) is 0 Å². The highest BCUT2D eigenvalue weighted by molar-refractivity contribution is 4.83. The zero-order valence-electron chi connectivity index (χ0n) is 12.1. The lowest BCUT2D eigenvalue weighted by molar-refractivity contribution is 0.0470. The average molecular weight is 230 g/mol. The Morgan fingerprint density at radius 3 is 2.25 bits per heavy atom. The van der Waals surface area contributed by atoms with E-state index in [9.17, 15) is 0 Å². The maximum Gasteiger partial charge on any atom is 0.0630 e. The molecule has 0 spiro atoms. The van der Waals surface area contributed by atoms with Crippen molar-refractivity contribution < 1.29 is 4.74 Å². The van der Waals surface area contributed by atoms with Gasteiger partial charge in [-0.3, -0.25) is 4.90 Å². The predicted octanol–water partition coefficient (Wildman–Crippen LogP) is 1.98. The van der Waals surface area contributed by atoms with Gasteiger partial charge in [0.2, 0.25) is 0 Å². The summed E-state index contributed by atoms with van der Waals surface area (Å²) in [5.74, 6) is 0. The molecule has 0 amide bonds. The standard InChI is InChI=1S/C13H30N2O/c1-8-14-9-12(10-16-7)15(6)11(2)13(3,4)5/h11-12,14H,8-10H2,1-7H3. The molecule has 0 fully saturated rings. The van der Waals surface area contributed by atoms with Crippen LogP contribution in [0, 0.1) is 5.41 Å². The van der Waals surface area contributed by atoms with E-state index < -0.39 is 0 Å². The van der Waals surface area contributed by atoms with E-state index >= 15 is 0 Å². The Bertz CT molecular complexity index is 177. The lowest BCUT2D eigenvalue weighted by Crippen LogP contribution is -2.51. The molecule has 2 atom stereocenters. The summed E-state index contributed by atoms with van der Waals surface area (Å²) in [4.78, 5) is 2.42. The van der Waals surface area contributed by atoms with Crippen LogP contribution in [0.1, 0.15) is 34.6 Å². The van der Waals surface area contributed by atoms with Crippen molar-refractivity contribution in [2.75, 3.05) is 33.9 Å². The first kappa shape index (κ1) is 15.9. The first-order valence-corrected chi connectivity index (χ1v) is 6.26. The van der Waals surface area contributed by atoms with E-state index in [-0.39, 0.29) is 0 Å². The van der Waals surface area contributed by atoms with E-state index in [0.717, 1.165) is 19.7 Å². The van der Waals surface area contributed by atoms with Gasteiger partial charge in [0.15, 0.2) is 0 Å². The van der Waals surface area contributed by atoms with Gasteiger partial charge >= 0.3 is 0 Å². The summed E-state index contributed by atoms with van der Waals surface area (Å²) in [7, 11) is 3.96. The highest BCUT2D eigenvalue weighted by Crippen LogP contribution is 2.24. The number of methoxy groups -OCH3 is 1. The Hall–Kier alpha value is -0.120. The van der Waals surface area contributed by atoms with E-state index in [0.29, 0.717) is 17.5 Å². The third-order valence-electron chi connectivity index (χ3n) is 3.43. The number of ether oxygens (including phenoxy) is 1. The van der Waals surface area contributed by atoms with E-state index in [1.807, 2.05) is 0 Å². The van der Waals surface area contributed by atoms with Crippen LogP contribution in [0.2, 0.25) is 0 Å². The van der Waals surface area contributed by atoms with Crippen LogP contribution in [0.3, 0.4) is 0 Å². The van der Waals surface area contributed by atoms with Crippen LogP contribution in [-0.4, -0.2) is 50.8 Å². The number of nitrogens with one attached hydrogen (secondary N) is 1. The zero-order chi connectivity index (χ0) is 12.8. The Kier molecular flexibility index (Phi) is 7.20. The van der Waals surface area contributed by atoms with Gasteiger partial charge in [-0.05, 0) is 25.9 Å². The van der Waals surface area contributed by atoms with Crippen molar-refractivity contribution in [1.29, 1.82) is 0 Å². The summed E-state index contributed by atoms with van der Waals surface area (Å²) < 4.78 is 5.30. The lowest BCUT2D eigenvalue weighted by Gasteiger charge is -2.40. The molecule has 0 bridgehead atoms. The Labute approximate surface area is 102 Å². The van der Waals surface area contributed by atoms with Crippen molar-refractivity contribution in [2.45, 2.75) is 46.7 Å². The van der Waals surface area contributed by atoms with Crippen LogP contribution < -0.4 is 5.32 Å². The fourth-order valence-corrected chi connectivity index (χ4v) is 1.75. The third kappa shape index (κ3) is 5.28. The highest BCUT2D eigenvalue weighted by Gasteiger charge is 2.28. The minimum Gasteiger partial charge on any atom is -0.383 e. The van der Waals surface area contributed by atoms with Crippen molar-refractivity contribution in [2.24, 2.45) is 5.41 Å². The molecule has 16 heavy (non-hydrogen) atoms. The summed E-state index contributed by atoms with van der Waals surface area (Å²) in [6.07, 6.45) is 0. The molecule has 0 rings (SSSR count). The summed E-state index contributed by atoms with van der Waals surface area (Å²) in [6, 6.07) is 0.977. The summed E-state index contributed by atoms with van der Waals surface area (Å²) in [5, 5.41) is 3.40. The maximum absolute atomic E-state index is 5.30. The number of nitrogens with zero attached hydrogens (tertiary/aromatic N) is 1. The topological polar surface area (TPSA) is 24.5 Å². The number of likely N-dealkylation sites (N-methyl/N-ethyl adjacent to an activating group) is 2. The molecule has 2 unspecified atom stereocenters. The van der Waals surface area contributed by atoms with Gasteiger partial charge in [0.05, 0.1) is 6.61 Å². The molecule has 0 saturated heterocycles. The quantitative estimate of drug-likeness (QED) is 0.724. The predicted molar refractivity (Wildman–Crippen MR) is 70.9 cm³/mol. The SMILES string of the molecule is CCNCC(COC)N(C)C(C)C(C)(C)C. The Morgan fingerprint density at radius 2 is 1.88 bits per heavy atom. The smallest absolute Gasteiger partial charge is 0.0630 e. The maximum atomic E-state index is 5.30. The molecule has 0 aliphatic rings. The Balaban J connectivity index is 4.40. The summed E-state index contributed by atoms with van der Waals surface area (Å²) in [6.45, 7) is 14.1. The molecule has 0 heterocycles. The van der Waals surface area contributed by atoms with E-state index in [4.69, 9.17) is 4.74 Å². The molecule has 98 valence electrons. The molecule has 3 heteroatoms. The molecule has 0 aliphatic heterocycles. The summed E-state index contributed by atoms with van der Waals surface area (Å²) >= 11 is 0. The van der Waals surface area contributed by atoms with Crippen LogP contribution in [-0.2, 0) is 4.74 Å². The molecule has 0 saturated carbocycles. The third-order valence-corrected chi connectivity index (χ3v) is 3.43. The molecule has 0 aromatic rings. The van der Waals surface area contributed by atoms with Crippen LogP contribution >= 0.6 is 0 Å². The first-order chi connectivity index (χ1) is 7.34. The van der Waals surface area contributed by atoms with Crippen molar-refractivity contribution in [3.63, 3.8) is 0 Å². The van der Waals surface area contributed by atoms with E-state index in [2.05, 4.69) is 51.9 Å². The van der Waals surface area contributed by atoms with Gasteiger partial charge < -0.3 is 10.1 Å². The monoisotopic (exact) mass is 230 g/mol. The number of hydrogen-bond acceptors (Lipinski definition) is 3. The molecule has 0 aromatic heterocycles. The Morgan fingerprint density at radius 1 is 1.31 bits per heavy atom. The van der Waals surface area contributed by atoms with Gasteiger partial charge in [0.25, 0.3) is 0 Å². The zero-order valence-corrected chi connectivity index (χ0v) is 12.1. The van der Waals surface area contributed by atoms with Gasteiger partial charge in [-0.25, -0.2) is 0 Å². The van der Waals surface area contributed by atoms with Crippen molar-refractivity contribution >= 4 is 0 Å². The fourth-order valence-electron chi connectivity index (χ4n) is 1.75. The summed E-state index contributed by atoms with van der Waals surface area (Å²) in [5.41, 5.74) is 0.299.